The summed E-state index contributed by atoms with van der Waals surface area (Å²) in [7, 11) is 0. The van der Waals surface area contributed by atoms with Crippen LogP contribution in [0.5, 0.6) is 0 Å². The highest BCUT2D eigenvalue weighted by molar-refractivity contribution is 9.10. The first-order chi connectivity index (χ1) is 12.5. The number of carbonyl (C=O) groups excluding carboxylic acids is 1. The molecule has 2 heterocycles. The van der Waals surface area contributed by atoms with E-state index in [2.05, 4.69) is 43.4 Å². The monoisotopic (exact) mass is 436 g/mol. The van der Waals surface area contributed by atoms with E-state index in [4.69, 9.17) is 11.6 Å². The fourth-order valence-corrected chi connectivity index (χ4v) is 3.61. The van der Waals surface area contributed by atoms with Crippen LogP contribution >= 0.6 is 27.5 Å². The van der Waals surface area contributed by atoms with E-state index in [1.54, 1.807) is 12.1 Å². The van der Waals surface area contributed by atoms with Crippen LogP contribution in [-0.4, -0.2) is 24.1 Å². The van der Waals surface area contributed by atoms with E-state index in [9.17, 15) is 4.79 Å². The number of benzene rings is 1. The summed E-state index contributed by atoms with van der Waals surface area (Å²) >= 11 is 9.44. The van der Waals surface area contributed by atoms with Crippen molar-refractivity contribution in [2.24, 2.45) is 5.92 Å². The molecule has 2 aromatic rings. The van der Waals surface area contributed by atoms with Gasteiger partial charge in [0.2, 0.25) is 0 Å². The molecule has 0 unspecified atom stereocenters. The molecule has 0 atom stereocenters. The van der Waals surface area contributed by atoms with Crippen molar-refractivity contribution in [3.05, 3.63) is 51.6 Å². The van der Waals surface area contributed by atoms with Crippen LogP contribution in [0, 0.1) is 5.92 Å². The number of nitrogens with zero attached hydrogens (tertiary/aromatic N) is 2. The highest BCUT2D eigenvalue weighted by atomic mass is 79.9. The second-order valence-electron chi connectivity index (χ2n) is 6.63. The topological polar surface area (TPSA) is 57.3 Å². The predicted octanol–water partition coefficient (Wildman–Crippen LogP) is 5.06. The van der Waals surface area contributed by atoms with Crippen molar-refractivity contribution in [3.63, 3.8) is 0 Å². The van der Waals surface area contributed by atoms with Gasteiger partial charge in [-0.15, -0.1) is 0 Å². The van der Waals surface area contributed by atoms with Crippen molar-refractivity contribution in [1.29, 1.82) is 0 Å². The molecule has 7 heteroatoms. The molecule has 1 aliphatic rings. The Bertz CT molecular complexity index is 761. The van der Waals surface area contributed by atoms with E-state index >= 15 is 0 Å². The van der Waals surface area contributed by atoms with Crippen LogP contribution in [0.2, 0.25) is 5.02 Å². The van der Waals surface area contributed by atoms with Gasteiger partial charge in [-0.2, -0.15) is 0 Å². The highest BCUT2D eigenvalue weighted by Gasteiger charge is 2.16. The lowest BCUT2D eigenvalue weighted by molar-refractivity contribution is 0.251. The van der Waals surface area contributed by atoms with E-state index < -0.39 is 0 Å². The number of rotatable bonds is 4. The summed E-state index contributed by atoms with van der Waals surface area (Å²) in [6.45, 7) is 4.82. The maximum atomic E-state index is 12.0. The lowest BCUT2D eigenvalue weighted by Crippen LogP contribution is -2.33. The number of aromatic nitrogens is 1. The number of amides is 2. The third kappa shape index (κ3) is 5.11. The Morgan fingerprint density at radius 2 is 2.08 bits per heavy atom. The Kier molecular flexibility index (Phi) is 6.38. The van der Waals surface area contributed by atoms with Crippen molar-refractivity contribution in [1.82, 2.24) is 10.3 Å². The van der Waals surface area contributed by atoms with Gasteiger partial charge in [-0.3, -0.25) is 0 Å². The minimum atomic E-state index is -0.302. The zero-order valence-corrected chi connectivity index (χ0v) is 17.0. The molecule has 0 bridgehead atoms. The SMILES string of the molecule is CC1CCN(c2ccc(CNC(=O)Nc3ccc(Br)cc3Cl)cn2)CC1. The first kappa shape index (κ1) is 19.0. The second kappa shape index (κ2) is 8.73. The standard InChI is InChI=1S/C19H22BrClN4O/c1-13-6-8-25(9-7-13)18-5-2-14(11-22-18)12-23-19(26)24-17-4-3-15(20)10-16(17)21/h2-5,10-11,13H,6-9,12H2,1H3,(H2,23,24,26). The zero-order chi connectivity index (χ0) is 18.5. The van der Waals surface area contributed by atoms with E-state index in [0.29, 0.717) is 17.3 Å². The summed E-state index contributed by atoms with van der Waals surface area (Å²) in [5, 5.41) is 6.05. The molecule has 5 nitrogen and oxygen atoms in total. The van der Waals surface area contributed by atoms with E-state index in [1.807, 2.05) is 24.4 Å². The van der Waals surface area contributed by atoms with Gasteiger partial charge in [0.1, 0.15) is 5.82 Å². The van der Waals surface area contributed by atoms with Crippen molar-refractivity contribution < 1.29 is 4.79 Å². The molecule has 138 valence electrons. The Morgan fingerprint density at radius 3 is 2.73 bits per heavy atom. The molecule has 1 aliphatic heterocycles. The van der Waals surface area contributed by atoms with E-state index in [1.165, 1.54) is 12.8 Å². The molecule has 2 amide bonds. The average Bonchev–Trinajstić information content (AvgIpc) is 2.63. The molecule has 0 saturated carbocycles. The van der Waals surface area contributed by atoms with Gasteiger partial charge in [0.25, 0.3) is 0 Å². The molecule has 0 radical (unpaired) electrons. The molecule has 0 aliphatic carbocycles. The van der Waals surface area contributed by atoms with Crippen molar-refractivity contribution in [2.45, 2.75) is 26.3 Å². The third-order valence-electron chi connectivity index (χ3n) is 4.55. The lowest BCUT2D eigenvalue weighted by Gasteiger charge is -2.31. The summed E-state index contributed by atoms with van der Waals surface area (Å²) in [6.07, 6.45) is 4.24. The van der Waals surface area contributed by atoms with Gasteiger partial charge >= 0.3 is 6.03 Å². The van der Waals surface area contributed by atoms with Gasteiger partial charge < -0.3 is 15.5 Å². The van der Waals surface area contributed by atoms with Gasteiger partial charge in [0, 0.05) is 30.3 Å². The van der Waals surface area contributed by atoms with Gasteiger partial charge in [-0.25, -0.2) is 9.78 Å². The molecule has 26 heavy (non-hydrogen) atoms. The largest absolute Gasteiger partial charge is 0.357 e. The quantitative estimate of drug-likeness (QED) is 0.703. The second-order valence-corrected chi connectivity index (χ2v) is 7.95. The van der Waals surface area contributed by atoms with Crippen LogP contribution < -0.4 is 15.5 Å². The molecular weight excluding hydrogens is 416 g/mol. The van der Waals surface area contributed by atoms with E-state index in [0.717, 1.165) is 34.9 Å². The van der Waals surface area contributed by atoms with Crippen LogP contribution in [-0.2, 0) is 6.54 Å². The molecule has 2 N–H and O–H groups in total. The number of urea groups is 1. The van der Waals surface area contributed by atoms with Gasteiger partial charge in [0.15, 0.2) is 0 Å². The molecule has 1 fully saturated rings. The van der Waals surface area contributed by atoms with Crippen molar-refractivity contribution in [2.75, 3.05) is 23.3 Å². The third-order valence-corrected chi connectivity index (χ3v) is 5.36. The van der Waals surface area contributed by atoms with Crippen LogP contribution in [0.25, 0.3) is 0 Å². The summed E-state index contributed by atoms with van der Waals surface area (Å²) in [4.78, 5) is 18.9. The zero-order valence-electron chi connectivity index (χ0n) is 14.6. The number of nitrogens with one attached hydrogen (secondary N) is 2. The van der Waals surface area contributed by atoms with E-state index in [-0.39, 0.29) is 6.03 Å². The lowest BCUT2D eigenvalue weighted by atomic mass is 9.99. The maximum absolute atomic E-state index is 12.0. The molecular formula is C19H22BrClN4O. The Labute approximate surface area is 167 Å². The number of hydrogen-bond donors (Lipinski definition) is 2. The van der Waals surface area contributed by atoms with Crippen LogP contribution in [0.3, 0.4) is 0 Å². The molecule has 1 saturated heterocycles. The minimum Gasteiger partial charge on any atom is -0.357 e. The van der Waals surface area contributed by atoms with Gasteiger partial charge in [-0.1, -0.05) is 40.5 Å². The smallest absolute Gasteiger partial charge is 0.319 e. The number of halogens is 2. The molecule has 3 rings (SSSR count). The van der Waals surface area contributed by atoms with Gasteiger partial charge in [0.05, 0.1) is 10.7 Å². The number of piperidine rings is 1. The Hall–Kier alpha value is -1.79. The average molecular weight is 438 g/mol. The number of pyridine rings is 1. The summed E-state index contributed by atoms with van der Waals surface area (Å²) < 4.78 is 0.864. The number of hydrogen-bond acceptors (Lipinski definition) is 3. The summed E-state index contributed by atoms with van der Waals surface area (Å²) in [5.41, 5.74) is 1.52. The first-order valence-corrected chi connectivity index (χ1v) is 9.88. The number of carbonyl (C=O) groups is 1. The summed E-state index contributed by atoms with van der Waals surface area (Å²) in [5.74, 6) is 1.80. The molecule has 1 aromatic carbocycles. The Balaban J connectivity index is 1.50. The van der Waals surface area contributed by atoms with Gasteiger partial charge in [-0.05, 0) is 48.6 Å². The molecule has 0 spiro atoms. The first-order valence-electron chi connectivity index (χ1n) is 8.71. The van der Waals surface area contributed by atoms with Crippen LogP contribution in [0.15, 0.2) is 41.0 Å². The highest BCUT2D eigenvalue weighted by Crippen LogP contribution is 2.25. The summed E-state index contributed by atoms with van der Waals surface area (Å²) in [6, 6.07) is 9.04. The number of anilines is 2. The minimum absolute atomic E-state index is 0.302. The fraction of sp³-hybridized carbons (Fsp3) is 0.368. The van der Waals surface area contributed by atoms with Crippen LogP contribution in [0.1, 0.15) is 25.3 Å². The normalized spacial score (nSPS) is 15.0. The maximum Gasteiger partial charge on any atom is 0.319 e. The molecule has 1 aromatic heterocycles. The van der Waals surface area contributed by atoms with Crippen LogP contribution in [0.4, 0.5) is 16.3 Å². The fourth-order valence-electron chi connectivity index (χ4n) is 2.89. The van der Waals surface area contributed by atoms with Crippen molar-refractivity contribution in [3.8, 4) is 0 Å². The Morgan fingerprint density at radius 1 is 1.31 bits per heavy atom. The predicted molar refractivity (Wildman–Crippen MR) is 110 cm³/mol. The van der Waals surface area contributed by atoms with Crippen molar-refractivity contribution >= 4 is 45.1 Å².